The Hall–Kier alpha value is -2.13. The second kappa shape index (κ2) is 4.03. The standard InChI is InChI=1S/C14H13N3/c1-11-7-10-16-17(11)13-8-9-15-14(13)12-5-3-2-4-6-12/h2-10,15H,1H3/p+1. The highest BCUT2D eigenvalue weighted by atomic mass is 15.5. The average molecular weight is 224 g/mol. The van der Waals surface area contributed by atoms with Crippen molar-refractivity contribution in [2.45, 2.75) is 6.92 Å². The third-order valence-electron chi connectivity index (χ3n) is 2.97. The zero-order valence-electron chi connectivity index (χ0n) is 9.64. The van der Waals surface area contributed by atoms with Gasteiger partial charge in [-0.15, -0.1) is 5.01 Å². The second-order valence-corrected chi connectivity index (χ2v) is 4.11. The van der Waals surface area contributed by atoms with Crippen LogP contribution in [0.3, 0.4) is 0 Å². The van der Waals surface area contributed by atoms with Gasteiger partial charge in [-0.25, -0.2) is 0 Å². The molecule has 0 spiro atoms. The molecule has 1 aliphatic rings. The number of allylic oxidation sites excluding steroid dienone is 2. The number of nitrogens with one attached hydrogen (secondary N) is 2. The molecule has 0 bridgehead atoms. The first-order valence-electron chi connectivity index (χ1n) is 5.68. The van der Waals surface area contributed by atoms with Gasteiger partial charge < -0.3 is 4.98 Å². The summed E-state index contributed by atoms with van der Waals surface area (Å²) in [5.74, 6) is 0. The Morgan fingerprint density at radius 2 is 1.94 bits per heavy atom. The van der Waals surface area contributed by atoms with E-state index >= 15 is 0 Å². The number of nitrogens with zero attached hydrogens (tertiary/aromatic N) is 1. The van der Waals surface area contributed by atoms with Gasteiger partial charge in [0.15, 0.2) is 5.69 Å². The molecule has 1 aromatic heterocycles. The third-order valence-corrected chi connectivity index (χ3v) is 2.97. The summed E-state index contributed by atoms with van der Waals surface area (Å²) in [6.45, 7) is 2.09. The first-order chi connectivity index (χ1) is 8.36. The van der Waals surface area contributed by atoms with Crippen LogP contribution >= 0.6 is 0 Å². The number of rotatable bonds is 2. The quantitative estimate of drug-likeness (QED) is 0.783. The normalized spacial score (nSPS) is 18.4. The van der Waals surface area contributed by atoms with Gasteiger partial charge in [0.25, 0.3) is 0 Å². The Bertz CT molecular complexity index is 579. The highest BCUT2D eigenvalue weighted by Gasteiger charge is 2.22. The lowest BCUT2D eigenvalue weighted by atomic mass is 10.1. The summed E-state index contributed by atoms with van der Waals surface area (Å²) >= 11 is 0. The smallest absolute Gasteiger partial charge is 0.188 e. The minimum atomic E-state index is 1.06. The molecule has 1 aromatic carbocycles. The summed E-state index contributed by atoms with van der Waals surface area (Å²) in [5, 5.41) is 5.48. The van der Waals surface area contributed by atoms with Gasteiger partial charge in [0, 0.05) is 30.8 Å². The molecule has 2 aromatic rings. The molecular weight excluding hydrogens is 210 g/mol. The third kappa shape index (κ3) is 1.70. The molecule has 84 valence electrons. The number of benzene rings is 1. The van der Waals surface area contributed by atoms with Crippen LogP contribution in [0.1, 0.15) is 6.92 Å². The Balaban J connectivity index is 2.06. The first-order valence-corrected chi connectivity index (χ1v) is 5.68. The largest absolute Gasteiger partial charge is 0.356 e. The minimum absolute atomic E-state index is 1.06. The summed E-state index contributed by atoms with van der Waals surface area (Å²) in [7, 11) is 0. The molecule has 3 heteroatoms. The number of aromatic amines is 1. The molecule has 0 saturated carbocycles. The van der Waals surface area contributed by atoms with Gasteiger partial charge in [-0.1, -0.05) is 35.4 Å². The van der Waals surface area contributed by atoms with Crippen molar-refractivity contribution >= 4 is 11.9 Å². The highest BCUT2D eigenvalue weighted by molar-refractivity contribution is 5.74. The van der Waals surface area contributed by atoms with E-state index in [1.165, 1.54) is 16.9 Å². The fraction of sp³-hybridized carbons (Fsp3) is 0.0714. The van der Waals surface area contributed by atoms with Crippen molar-refractivity contribution in [2.24, 2.45) is 5.10 Å². The summed E-state index contributed by atoms with van der Waals surface area (Å²) in [4.78, 5) is 3.30. The van der Waals surface area contributed by atoms with Crippen molar-refractivity contribution in [2.75, 3.05) is 0 Å². The van der Waals surface area contributed by atoms with Gasteiger partial charge in [0.2, 0.25) is 0 Å². The fourth-order valence-electron chi connectivity index (χ4n) is 2.10. The van der Waals surface area contributed by atoms with Crippen molar-refractivity contribution in [1.29, 1.82) is 0 Å². The number of aromatic nitrogens is 1. The molecule has 0 amide bonds. The predicted octanol–water partition coefficient (Wildman–Crippen LogP) is 2.10. The van der Waals surface area contributed by atoms with E-state index in [1.54, 1.807) is 0 Å². The Kier molecular flexibility index (Phi) is 2.38. The van der Waals surface area contributed by atoms with Crippen LogP contribution in [0.25, 0.3) is 11.3 Å². The van der Waals surface area contributed by atoms with E-state index in [0.29, 0.717) is 0 Å². The van der Waals surface area contributed by atoms with Crippen molar-refractivity contribution in [3.63, 3.8) is 0 Å². The van der Waals surface area contributed by atoms with Crippen LogP contribution in [-0.2, 0) is 0 Å². The maximum absolute atomic E-state index is 4.42. The van der Waals surface area contributed by atoms with Crippen LogP contribution in [0.2, 0.25) is 0 Å². The lowest BCUT2D eigenvalue weighted by molar-refractivity contribution is -0.793. The predicted molar refractivity (Wildman–Crippen MR) is 69.1 cm³/mol. The van der Waals surface area contributed by atoms with Gasteiger partial charge in [-0.3, -0.25) is 0 Å². The van der Waals surface area contributed by atoms with E-state index < -0.39 is 0 Å². The molecule has 1 atom stereocenters. The van der Waals surface area contributed by atoms with Gasteiger partial charge in [0.05, 0.1) is 6.21 Å². The van der Waals surface area contributed by atoms with Crippen LogP contribution in [0.4, 0.5) is 5.69 Å². The number of H-pyrrole nitrogens is 1. The molecule has 17 heavy (non-hydrogen) atoms. The maximum Gasteiger partial charge on any atom is 0.188 e. The van der Waals surface area contributed by atoms with E-state index in [1.807, 2.05) is 36.7 Å². The number of hydrogen-bond donors (Lipinski definition) is 2. The first kappa shape index (κ1) is 10.1. The Morgan fingerprint density at radius 1 is 1.12 bits per heavy atom. The molecule has 2 heterocycles. The summed E-state index contributed by atoms with van der Waals surface area (Å²) < 4.78 is 0. The molecule has 3 rings (SSSR count). The van der Waals surface area contributed by atoms with Crippen molar-refractivity contribution in [3.05, 3.63) is 54.4 Å². The molecule has 0 saturated heterocycles. The summed E-state index contributed by atoms with van der Waals surface area (Å²) in [5.41, 5.74) is 4.70. The van der Waals surface area contributed by atoms with Crippen molar-refractivity contribution in [3.8, 4) is 11.3 Å². The van der Waals surface area contributed by atoms with Crippen LogP contribution in [0.15, 0.2) is 59.5 Å². The molecule has 0 radical (unpaired) electrons. The van der Waals surface area contributed by atoms with Crippen LogP contribution in [0.5, 0.6) is 0 Å². The summed E-state index contributed by atoms with van der Waals surface area (Å²) in [6, 6.07) is 12.4. The van der Waals surface area contributed by atoms with E-state index in [0.717, 1.165) is 10.7 Å². The Morgan fingerprint density at radius 3 is 2.65 bits per heavy atom. The average Bonchev–Trinajstić information content (AvgIpc) is 2.98. The molecule has 0 fully saturated rings. The molecular formula is C14H14N3+. The summed E-state index contributed by atoms with van der Waals surface area (Å²) in [6.07, 6.45) is 5.86. The zero-order chi connectivity index (χ0) is 11.7. The number of quaternary nitrogens is 1. The van der Waals surface area contributed by atoms with Gasteiger partial charge in [-0.05, 0) is 0 Å². The Labute approximate surface area is 100 Å². The van der Waals surface area contributed by atoms with Crippen LogP contribution in [-0.4, -0.2) is 11.2 Å². The van der Waals surface area contributed by atoms with Gasteiger partial charge in [0.1, 0.15) is 11.4 Å². The molecule has 2 N–H and O–H groups in total. The zero-order valence-corrected chi connectivity index (χ0v) is 9.64. The van der Waals surface area contributed by atoms with Crippen LogP contribution < -0.4 is 5.01 Å². The molecule has 1 unspecified atom stereocenters. The lowest BCUT2D eigenvalue weighted by Crippen LogP contribution is -2.98. The molecule has 1 aliphatic heterocycles. The highest BCUT2D eigenvalue weighted by Crippen LogP contribution is 2.24. The monoisotopic (exact) mass is 224 g/mol. The van der Waals surface area contributed by atoms with E-state index in [-0.39, 0.29) is 0 Å². The van der Waals surface area contributed by atoms with E-state index in [4.69, 9.17) is 0 Å². The second-order valence-electron chi connectivity index (χ2n) is 4.11. The van der Waals surface area contributed by atoms with Crippen LogP contribution in [0, 0.1) is 0 Å². The molecule has 0 aliphatic carbocycles. The van der Waals surface area contributed by atoms with E-state index in [2.05, 4.69) is 35.2 Å². The lowest BCUT2D eigenvalue weighted by Gasteiger charge is -2.09. The van der Waals surface area contributed by atoms with Gasteiger partial charge in [-0.2, -0.15) is 0 Å². The SMILES string of the molecule is CC1=CC=N[NH+]1c1cc[nH]c1-c1ccccc1. The topological polar surface area (TPSA) is 32.6 Å². The minimum Gasteiger partial charge on any atom is -0.356 e. The number of hydrogen-bond acceptors (Lipinski definition) is 1. The van der Waals surface area contributed by atoms with Crippen molar-refractivity contribution in [1.82, 2.24) is 4.98 Å². The maximum atomic E-state index is 4.42. The van der Waals surface area contributed by atoms with Crippen molar-refractivity contribution < 1.29 is 5.01 Å². The molecule has 3 nitrogen and oxygen atoms in total. The van der Waals surface area contributed by atoms with Gasteiger partial charge >= 0.3 is 0 Å². The van der Waals surface area contributed by atoms with E-state index in [9.17, 15) is 0 Å². The fourth-order valence-corrected chi connectivity index (χ4v) is 2.10.